The second-order valence-corrected chi connectivity index (χ2v) is 6.79. The summed E-state index contributed by atoms with van der Waals surface area (Å²) in [5.41, 5.74) is 1.37. The van der Waals surface area contributed by atoms with Crippen molar-refractivity contribution in [1.82, 2.24) is 10.2 Å². The molecule has 0 aliphatic carbocycles. The highest BCUT2D eigenvalue weighted by atomic mass is 16.2. The number of urea groups is 1. The van der Waals surface area contributed by atoms with E-state index in [1.54, 1.807) is 15.9 Å². The Balaban J connectivity index is 1.86. The summed E-state index contributed by atoms with van der Waals surface area (Å²) in [5, 5.41) is 5.72. The fourth-order valence-corrected chi connectivity index (χ4v) is 3.39. The number of amides is 4. The normalized spacial score (nSPS) is 21.1. The number of fused-ring (bicyclic) bond motifs is 1. The lowest BCUT2D eigenvalue weighted by atomic mass is 9.94. The van der Waals surface area contributed by atoms with Gasteiger partial charge in [0, 0.05) is 20.0 Å². The van der Waals surface area contributed by atoms with Crippen LogP contribution in [0.25, 0.3) is 0 Å². The van der Waals surface area contributed by atoms with E-state index >= 15 is 0 Å². The maximum Gasteiger partial charge on any atom is 0.325 e. The van der Waals surface area contributed by atoms with Crippen LogP contribution >= 0.6 is 0 Å². The second kappa shape index (κ2) is 6.74. The molecule has 0 radical (unpaired) electrons. The number of likely N-dealkylation sites (tertiary alicyclic amines) is 1. The predicted octanol–water partition coefficient (Wildman–Crippen LogP) is 1.80. The number of benzene rings is 1. The van der Waals surface area contributed by atoms with Gasteiger partial charge in [-0.15, -0.1) is 0 Å². The Bertz CT molecular complexity index is 699. The lowest BCUT2D eigenvalue weighted by Crippen LogP contribution is -2.66. The zero-order chi connectivity index (χ0) is 18.1. The van der Waals surface area contributed by atoms with Crippen molar-refractivity contribution in [2.45, 2.75) is 39.3 Å². The van der Waals surface area contributed by atoms with Crippen molar-refractivity contribution in [3.8, 4) is 0 Å². The summed E-state index contributed by atoms with van der Waals surface area (Å²) in [7, 11) is 0. The third-order valence-corrected chi connectivity index (χ3v) is 4.92. The van der Waals surface area contributed by atoms with Gasteiger partial charge in [-0.1, -0.05) is 32.4 Å². The van der Waals surface area contributed by atoms with Crippen molar-refractivity contribution in [3.05, 3.63) is 24.3 Å². The van der Waals surface area contributed by atoms with Crippen LogP contribution in [0.15, 0.2) is 24.3 Å². The maximum absolute atomic E-state index is 13.1. The fraction of sp³-hybridized carbons (Fsp3) is 0.500. The van der Waals surface area contributed by atoms with Crippen LogP contribution in [-0.4, -0.2) is 47.9 Å². The third kappa shape index (κ3) is 3.18. The summed E-state index contributed by atoms with van der Waals surface area (Å²) in [4.78, 5) is 40.2. The molecule has 1 fully saturated rings. The monoisotopic (exact) mass is 344 g/mol. The number of anilines is 2. The number of carbonyl (C=O) groups excluding carboxylic acids is 3. The van der Waals surface area contributed by atoms with Crippen molar-refractivity contribution >= 4 is 29.2 Å². The Kier molecular flexibility index (Phi) is 4.65. The maximum atomic E-state index is 13.1. The van der Waals surface area contributed by atoms with Crippen molar-refractivity contribution in [3.63, 3.8) is 0 Å². The van der Waals surface area contributed by atoms with E-state index in [9.17, 15) is 14.4 Å². The first kappa shape index (κ1) is 17.3. The van der Waals surface area contributed by atoms with E-state index in [1.807, 2.05) is 32.0 Å². The number of nitrogens with one attached hydrogen (secondary N) is 2. The van der Waals surface area contributed by atoms with Gasteiger partial charge < -0.3 is 15.5 Å². The second-order valence-electron chi connectivity index (χ2n) is 6.79. The van der Waals surface area contributed by atoms with Crippen LogP contribution in [0.2, 0.25) is 0 Å². The van der Waals surface area contributed by atoms with E-state index < -0.39 is 6.04 Å². The van der Waals surface area contributed by atoms with Gasteiger partial charge in [0.2, 0.25) is 11.8 Å². The lowest BCUT2D eigenvalue weighted by Gasteiger charge is -2.46. The minimum atomic E-state index is -0.535. The van der Waals surface area contributed by atoms with Gasteiger partial charge in [-0.2, -0.15) is 0 Å². The van der Waals surface area contributed by atoms with Crippen molar-refractivity contribution < 1.29 is 14.4 Å². The van der Waals surface area contributed by atoms with Gasteiger partial charge >= 0.3 is 6.03 Å². The van der Waals surface area contributed by atoms with Crippen LogP contribution in [0.1, 0.15) is 27.2 Å². The zero-order valence-electron chi connectivity index (χ0n) is 14.8. The molecule has 134 valence electrons. The molecule has 0 aromatic heterocycles. The highest BCUT2D eigenvalue weighted by Gasteiger charge is 2.43. The van der Waals surface area contributed by atoms with E-state index in [0.717, 1.165) is 12.1 Å². The van der Waals surface area contributed by atoms with Gasteiger partial charge in [-0.3, -0.25) is 14.5 Å². The van der Waals surface area contributed by atoms with Gasteiger partial charge in [0.15, 0.2) is 0 Å². The smallest absolute Gasteiger partial charge is 0.325 e. The van der Waals surface area contributed by atoms with Crippen LogP contribution in [0.4, 0.5) is 16.2 Å². The largest absolute Gasteiger partial charge is 0.350 e. The molecule has 2 aliphatic rings. The molecular weight excluding hydrogens is 320 g/mol. The van der Waals surface area contributed by atoms with E-state index in [1.165, 1.54) is 6.92 Å². The number of para-hydroxylation sites is 2. The average Bonchev–Trinajstić information content (AvgIpc) is 2.55. The summed E-state index contributed by atoms with van der Waals surface area (Å²) in [6, 6.07) is 6.62. The third-order valence-electron chi connectivity index (χ3n) is 4.92. The number of hydrogen-bond acceptors (Lipinski definition) is 3. The summed E-state index contributed by atoms with van der Waals surface area (Å²) in [6.45, 7) is 6.39. The standard InChI is InChI=1S/C18H24N4O3/c1-4-11(2)16-17(24)20-14-7-5-6-8-15(14)22(16)18(25)21-9-13(10-21)19-12(3)23/h5-8,11,13,16H,4,9-10H2,1-3H3,(H,19,23)(H,20,24). The molecule has 3 rings (SSSR count). The quantitative estimate of drug-likeness (QED) is 0.877. The number of carbonyl (C=O) groups is 3. The highest BCUT2D eigenvalue weighted by molar-refractivity contribution is 6.11. The number of hydrogen-bond donors (Lipinski definition) is 2. The first-order valence-corrected chi connectivity index (χ1v) is 8.67. The fourth-order valence-electron chi connectivity index (χ4n) is 3.39. The lowest BCUT2D eigenvalue weighted by molar-refractivity contribution is -0.120. The molecule has 1 saturated heterocycles. The molecule has 2 atom stereocenters. The summed E-state index contributed by atoms with van der Waals surface area (Å²) in [6.07, 6.45) is 0.790. The van der Waals surface area contributed by atoms with Crippen LogP contribution in [0, 0.1) is 5.92 Å². The molecule has 4 amide bonds. The van der Waals surface area contributed by atoms with Gasteiger partial charge in [-0.25, -0.2) is 4.79 Å². The van der Waals surface area contributed by atoms with Crippen LogP contribution < -0.4 is 15.5 Å². The minimum absolute atomic E-state index is 0.0163. The average molecular weight is 344 g/mol. The Labute approximate surface area is 147 Å². The molecule has 0 bridgehead atoms. The molecule has 1 aromatic rings. The summed E-state index contributed by atoms with van der Waals surface area (Å²) in [5.74, 6) is -0.220. The van der Waals surface area contributed by atoms with E-state index in [2.05, 4.69) is 10.6 Å². The molecule has 7 heteroatoms. The Morgan fingerprint density at radius 1 is 1.32 bits per heavy atom. The molecule has 2 heterocycles. The van der Waals surface area contributed by atoms with Crippen molar-refractivity contribution in [2.75, 3.05) is 23.3 Å². The molecule has 2 unspecified atom stereocenters. The predicted molar refractivity (Wildman–Crippen MR) is 95.4 cm³/mol. The Hall–Kier alpha value is -2.57. The van der Waals surface area contributed by atoms with Crippen LogP contribution in [0.5, 0.6) is 0 Å². The number of rotatable bonds is 3. The molecule has 0 spiro atoms. The van der Waals surface area contributed by atoms with E-state index in [0.29, 0.717) is 18.8 Å². The minimum Gasteiger partial charge on any atom is -0.350 e. The Morgan fingerprint density at radius 3 is 2.64 bits per heavy atom. The first-order valence-electron chi connectivity index (χ1n) is 8.67. The van der Waals surface area contributed by atoms with E-state index in [-0.39, 0.29) is 29.8 Å². The molecule has 1 aromatic carbocycles. The van der Waals surface area contributed by atoms with Crippen LogP contribution in [-0.2, 0) is 9.59 Å². The van der Waals surface area contributed by atoms with Gasteiger partial charge in [0.05, 0.1) is 17.4 Å². The summed E-state index contributed by atoms with van der Waals surface area (Å²) >= 11 is 0. The molecule has 2 N–H and O–H groups in total. The molecule has 0 saturated carbocycles. The Morgan fingerprint density at radius 2 is 2.00 bits per heavy atom. The summed E-state index contributed by atoms with van der Waals surface area (Å²) < 4.78 is 0. The number of nitrogens with zero attached hydrogens (tertiary/aromatic N) is 2. The van der Waals surface area contributed by atoms with Gasteiger partial charge in [0.25, 0.3) is 0 Å². The molecular formula is C18H24N4O3. The van der Waals surface area contributed by atoms with Crippen LogP contribution in [0.3, 0.4) is 0 Å². The van der Waals surface area contributed by atoms with Gasteiger partial charge in [0.1, 0.15) is 6.04 Å². The first-order chi connectivity index (χ1) is 11.9. The molecule has 2 aliphatic heterocycles. The van der Waals surface area contributed by atoms with Crippen molar-refractivity contribution in [1.29, 1.82) is 0 Å². The van der Waals surface area contributed by atoms with E-state index in [4.69, 9.17) is 0 Å². The molecule has 25 heavy (non-hydrogen) atoms. The zero-order valence-corrected chi connectivity index (χ0v) is 14.8. The molecule has 7 nitrogen and oxygen atoms in total. The SMILES string of the molecule is CCC(C)C1C(=O)Nc2ccccc2N1C(=O)N1CC(NC(C)=O)C1. The van der Waals surface area contributed by atoms with Gasteiger partial charge in [-0.05, 0) is 18.1 Å². The highest BCUT2D eigenvalue weighted by Crippen LogP contribution is 2.36. The topological polar surface area (TPSA) is 81.8 Å². The van der Waals surface area contributed by atoms with Crippen molar-refractivity contribution in [2.24, 2.45) is 5.92 Å².